The summed E-state index contributed by atoms with van der Waals surface area (Å²) in [5.41, 5.74) is -1.44. The highest BCUT2D eigenvalue weighted by Gasteiger charge is 2.64. The molecule has 0 spiro atoms. The molecule has 0 saturated carbocycles. The molecule has 1 aromatic rings. The second kappa shape index (κ2) is 9.81. The highest BCUT2D eigenvalue weighted by Crippen LogP contribution is 2.47. The molecule has 8 heteroatoms. The molecular weight excluding hydrogens is 419 g/mol. The van der Waals surface area contributed by atoms with Crippen LogP contribution in [0.25, 0.3) is 0 Å². The molecule has 178 valence electrons. The van der Waals surface area contributed by atoms with Crippen molar-refractivity contribution in [3.05, 3.63) is 35.9 Å². The Balaban J connectivity index is 1.63. The van der Waals surface area contributed by atoms with Gasteiger partial charge in [-0.2, -0.15) is 13.2 Å². The fourth-order valence-corrected chi connectivity index (χ4v) is 4.55. The number of carbonyl (C=O) groups excluding carboxylic acids is 2. The number of amides is 2. The zero-order valence-corrected chi connectivity index (χ0v) is 19.1. The van der Waals surface area contributed by atoms with Crippen molar-refractivity contribution in [2.24, 2.45) is 17.3 Å². The fourth-order valence-electron chi connectivity index (χ4n) is 4.55. The number of likely N-dealkylation sites (tertiary alicyclic amines) is 2. The van der Waals surface area contributed by atoms with E-state index in [-0.39, 0.29) is 50.5 Å². The number of benzene rings is 1. The van der Waals surface area contributed by atoms with Crippen molar-refractivity contribution in [3.8, 4) is 0 Å². The Morgan fingerprint density at radius 3 is 2.28 bits per heavy atom. The van der Waals surface area contributed by atoms with Gasteiger partial charge in [0.2, 0.25) is 11.8 Å². The van der Waals surface area contributed by atoms with Crippen molar-refractivity contribution in [1.29, 1.82) is 0 Å². The fraction of sp³-hybridized carbons (Fsp3) is 0.667. The van der Waals surface area contributed by atoms with Gasteiger partial charge in [0.05, 0.1) is 0 Å². The van der Waals surface area contributed by atoms with E-state index in [1.165, 1.54) is 4.90 Å². The number of nitrogens with zero attached hydrogens (tertiary/aromatic N) is 2. The third-order valence-electron chi connectivity index (χ3n) is 7.07. The van der Waals surface area contributed by atoms with Crippen LogP contribution in [0.4, 0.5) is 13.2 Å². The normalized spacial score (nSPS) is 24.0. The van der Waals surface area contributed by atoms with Crippen LogP contribution >= 0.6 is 0 Å². The SMILES string of the molecule is CC(C)C(C)NC(=O)C1CCN(C(=O)C2(C(F)(F)F)CCN(Cc3ccccc3)C2)CC1. The first-order valence-corrected chi connectivity index (χ1v) is 11.5. The van der Waals surface area contributed by atoms with Crippen LogP contribution in [0.3, 0.4) is 0 Å². The van der Waals surface area contributed by atoms with Gasteiger partial charge >= 0.3 is 6.18 Å². The summed E-state index contributed by atoms with van der Waals surface area (Å²) in [6.45, 7) is 6.64. The molecule has 32 heavy (non-hydrogen) atoms. The molecule has 2 atom stereocenters. The van der Waals surface area contributed by atoms with Crippen LogP contribution in [0.5, 0.6) is 0 Å². The lowest BCUT2D eigenvalue weighted by Crippen LogP contribution is -2.56. The van der Waals surface area contributed by atoms with Crippen molar-refractivity contribution in [2.75, 3.05) is 26.2 Å². The maximum absolute atomic E-state index is 14.2. The molecule has 2 aliphatic rings. The topological polar surface area (TPSA) is 52.7 Å². The van der Waals surface area contributed by atoms with Crippen LogP contribution in [-0.4, -0.2) is 60.0 Å². The van der Waals surface area contributed by atoms with Gasteiger partial charge in [0.1, 0.15) is 0 Å². The summed E-state index contributed by atoms with van der Waals surface area (Å²) in [4.78, 5) is 28.7. The Morgan fingerprint density at radius 1 is 1.09 bits per heavy atom. The molecule has 2 aliphatic heterocycles. The Labute approximate surface area is 188 Å². The predicted molar refractivity (Wildman–Crippen MR) is 117 cm³/mol. The van der Waals surface area contributed by atoms with E-state index in [1.54, 1.807) is 4.90 Å². The van der Waals surface area contributed by atoms with Gasteiger partial charge < -0.3 is 10.2 Å². The Bertz CT molecular complexity index is 791. The van der Waals surface area contributed by atoms with Crippen LogP contribution in [0.2, 0.25) is 0 Å². The Hall–Kier alpha value is -2.09. The molecule has 2 fully saturated rings. The number of halogens is 3. The lowest BCUT2D eigenvalue weighted by Gasteiger charge is -2.39. The highest BCUT2D eigenvalue weighted by molar-refractivity contribution is 5.85. The van der Waals surface area contributed by atoms with Gasteiger partial charge in [-0.1, -0.05) is 44.2 Å². The van der Waals surface area contributed by atoms with Gasteiger partial charge in [0.15, 0.2) is 5.41 Å². The summed E-state index contributed by atoms with van der Waals surface area (Å²) in [6, 6.07) is 9.37. The predicted octanol–water partition coefficient (Wildman–Crippen LogP) is 3.84. The largest absolute Gasteiger partial charge is 0.404 e. The first-order valence-electron chi connectivity index (χ1n) is 11.5. The van der Waals surface area contributed by atoms with E-state index >= 15 is 0 Å². The lowest BCUT2D eigenvalue weighted by molar-refractivity contribution is -0.224. The monoisotopic (exact) mass is 453 g/mol. The maximum atomic E-state index is 14.2. The summed E-state index contributed by atoms with van der Waals surface area (Å²) in [5, 5.41) is 2.98. The molecule has 0 aliphatic carbocycles. The molecular formula is C24H34F3N3O2. The molecule has 1 N–H and O–H groups in total. The smallest absolute Gasteiger partial charge is 0.353 e. The molecule has 2 saturated heterocycles. The van der Waals surface area contributed by atoms with Gasteiger partial charge in [0, 0.05) is 38.1 Å². The van der Waals surface area contributed by atoms with Crippen LogP contribution < -0.4 is 5.32 Å². The third-order valence-corrected chi connectivity index (χ3v) is 7.07. The lowest BCUT2D eigenvalue weighted by atomic mass is 9.83. The number of carbonyl (C=O) groups is 2. The average molecular weight is 454 g/mol. The van der Waals surface area contributed by atoms with Gasteiger partial charge in [-0.05, 0) is 44.2 Å². The molecule has 2 unspecified atom stereocenters. The molecule has 5 nitrogen and oxygen atoms in total. The van der Waals surface area contributed by atoms with Crippen LogP contribution in [0, 0.1) is 17.3 Å². The minimum atomic E-state index is -4.61. The van der Waals surface area contributed by atoms with E-state index in [2.05, 4.69) is 5.32 Å². The van der Waals surface area contributed by atoms with E-state index in [0.29, 0.717) is 25.3 Å². The summed E-state index contributed by atoms with van der Waals surface area (Å²) in [7, 11) is 0. The zero-order valence-electron chi connectivity index (χ0n) is 19.1. The maximum Gasteiger partial charge on any atom is 0.404 e. The van der Waals surface area contributed by atoms with E-state index in [9.17, 15) is 22.8 Å². The number of rotatable bonds is 6. The first-order chi connectivity index (χ1) is 15.0. The highest BCUT2D eigenvalue weighted by atomic mass is 19.4. The Kier molecular flexibility index (Phi) is 7.53. The summed E-state index contributed by atoms with van der Waals surface area (Å²) in [6.07, 6.45) is -4.06. The summed E-state index contributed by atoms with van der Waals surface area (Å²) in [5.74, 6) is -0.873. The third kappa shape index (κ3) is 5.27. The second-order valence-corrected chi connectivity index (χ2v) is 9.63. The van der Waals surface area contributed by atoms with Crippen LogP contribution in [0.15, 0.2) is 30.3 Å². The van der Waals surface area contributed by atoms with Crippen molar-refractivity contribution in [3.63, 3.8) is 0 Å². The van der Waals surface area contributed by atoms with Crippen molar-refractivity contribution in [2.45, 2.75) is 58.8 Å². The van der Waals surface area contributed by atoms with Crippen LogP contribution in [-0.2, 0) is 16.1 Å². The van der Waals surface area contributed by atoms with E-state index in [1.807, 2.05) is 51.1 Å². The van der Waals surface area contributed by atoms with E-state index in [4.69, 9.17) is 0 Å². The van der Waals surface area contributed by atoms with E-state index < -0.39 is 17.5 Å². The van der Waals surface area contributed by atoms with Gasteiger partial charge in [-0.3, -0.25) is 14.5 Å². The second-order valence-electron chi connectivity index (χ2n) is 9.63. The van der Waals surface area contributed by atoms with Gasteiger partial charge in [-0.25, -0.2) is 0 Å². The Morgan fingerprint density at radius 2 is 1.72 bits per heavy atom. The molecule has 0 bridgehead atoms. The number of hydrogen-bond donors (Lipinski definition) is 1. The number of piperidine rings is 1. The average Bonchev–Trinajstić information content (AvgIpc) is 3.19. The molecule has 0 radical (unpaired) electrons. The molecule has 2 heterocycles. The minimum Gasteiger partial charge on any atom is -0.353 e. The number of nitrogens with one attached hydrogen (secondary N) is 1. The minimum absolute atomic E-state index is 0.0322. The van der Waals surface area contributed by atoms with Gasteiger partial charge in [0.25, 0.3) is 0 Å². The molecule has 2 amide bonds. The van der Waals surface area contributed by atoms with Crippen molar-refractivity contribution < 1.29 is 22.8 Å². The van der Waals surface area contributed by atoms with Gasteiger partial charge in [-0.15, -0.1) is 0 Å². The quantitative estimate of drug-likeness (QED) is 0.712. The van der Waals surface area contributed by atoms with Crippen LogP contribution in [0.1, 0.15) is 45.6 Å². The summed E-state index contributed by atoms with van der Waals surface area (Å²) < 4.78 is 42.7. The molecule has 3 rings (SSSR count). The van der Waals surface area contributed by atoms with Crippen molar-refractivity contribution >= 4 is 11.8 Å². The number of alkyl halides is 3. The summed E-state index contributed by atoms with van der Waals surface area (Å²) >= 11 is 0. The zero-order chi connectivity index (χ0) is 23.5. The first kappa shape index (κ1) is 24.6. The van der Waals surface area contributed by atoms with Crippen molar-refractivity contribution in [1.82, 2.24) is 15.1 Å². The standard InChI is InChI=1S/C24H34F3N3O2/c1-17(2)18(3)28-21(31)20-9-12-30(13-10-20)22(32)23(24(25,26)27)11-14-29(16-23)15-19-7-5-4-6-8-19/h4-8,17-18,20H,9-16H2,1-3H3,(H,28,31). The molecule has 1 aromatic carbocycles. The molecule has 0 aromatic heterocycles. The van der Waals surface area contributed by atoms with E-state index in [0.717, 1.165) is 5.56 Å². The number of hydrogen-bond acceptors (Lipinski definition) is 3.